The molecule has 2 fully saturated rings. The molecule has 2 aromatic rings. The number of nitrogens with one attached hydrogen (secondary N) is 2. The second-order valence-electron chi connectivity index (χ2n) is 7.25. The predicted molar refractivity (Wildman–Crippen MR) is 101 cm³/mol. The molecular weight excluding hydrogens is 347 g/mol. The Kier molecular flexibility index (Phi) is 6.14. The van der Waals surface area contributed by atoms with E-state index in [1.807, 2.05) is 6.20 Å². The molecule has 0 spiro atoms. The number of hydrogen-bond acceptors (Lipinski definition) is 5. The van der Waals surface area contributed by atoms with Gasteiger partial charge in [-0.2, -0.15) is 5.10 Å². The zero-order chi connectivity index (χ0) is 18.5. The number of halogens is 1. The highest BCUT2D eigenvalue weighted by atomic mass is 19.1. The molecule has 2 atom stereocenters. The van der Waals surface area contributed by atoms with Crippen LogP contribution in [0.1, 0.15) is 12.0 Å². The predicted octanol–water partition coefficient (Wildman–Crippen LogP) is 2.04. The molecule has 27 heavy (non-hydrogen) atoms. The summed E-state index contributed by atoms with van der Waals surface area (Å²) in [6.07, 6.45) is 2.96. The molecule has 1 aromatic heterocycles. The molecule has 0 radical (unpaired) electrons. The van der Waals surface area contributed by atoms with Crippen LogP contribution in [0.3, 0.4) is 0 Å². The van der Waals surface area contributed by atoms with Crippen LogP contribution < -0.4 is 5.32 Å². The molecule has 0 aliphatic carbocycles. The normalized spacial score (nSPS) is 22.2. The van der Waals surface area contributed by atoms with Crippen LogP contribution in [0.5, 0.6) is 0 Å². The highest BCUT2D eigenvalue weighted by molar-refractivity contribution is 5.62. The second kappa shape index (κ2) is 8.93. The minimum atomic E-state index is -0.231. The van der Waals surface area contributed by atoms with Crippen LogP contribution in [0, 0.1) is 11.7 Å². The maximum atomic E-state index is 13.2. The van der Waals surface area contributed by atoms with E-state index in [1.165, 1.54) is 12.1 Å². The first-order valence-electron chi connectivity index (χ1n) is 9.69. The fourth-order valence-electron chi connectivity index (χ4n) is 4.03. The van der Waals surface area contributed by atoms with Crippen molar-refractivity contribution in [3.05, 3.63) is 41.8 Å². The van der Waals surface area contributed by atoms with Gasteiger partial charge in [-0.15, -0.1) is 0 Å². The van der Waals surface area contributed by atoms with Gasteiger partial charge in [0.15, 0.2) is 0 Å². The first-order valence-corrected chi connectivity index (χ1v) is 9.69. The van der Waals surface area contributed by atoms with Crippen molar-refractivity contribution in [2.75, 3.05) is 46.1 Å². The van der Waals surface area contributed by atoms with Crippen molar-refractivity contribution in [2.24, 2.45) is 5.92 Å². The lowest BCUT2D eigenvalue weighted by Gasteiger charge is -2.37. The molecule has 146 valence electrons. The number of benzene rings is 1. The molecule has 0 amide bonds. The zero-order valence-corrected chi connectivity index (χ0v) is 15.5. The Morgan fingerprint density at radius 3 is 2.74 bits per heavy atom. The van der Waals surface area contributed by atoms with Crippen molar-refractivity contribution in [3.8, 4) is 11.3 Å². The van der Waals surface area contributed by atoms with Gasteiger partial charge in [-0.3, -0.25) is 10.00 Å². The van der Waals surface area contributed by atoms with Crippen molar-refractivity contribution in [2.45, 2.75) is 19.0 Å². The maximum Gasteiger partial charge on any atom is 0.123 e. The second-order valence-corrected chi connectivity index (χ2v) is 7.25. The maximum absolute atomic E-state index is 13.2. The standard InChI is InChI=1S/C20H27FN4O2/c21-18-3-1-15(2-4-18)20-17(12-23-24-20)11-22-13-19(16-5-8-27-14-16)25-6-9-26-10-7-25/h1-4,12,16,19,22H,5-11,13-14H2,(H,23,24)/t16-,19-/m0/s1. The summed E-state index contributed by atoms with van der Waals surface area (Å²) in [5.74, 6) is 0.335. The number of H-pyrrole nitrogens is 1. The fourth-order valence-corrected chi connectivity index (χ4v) is 4.03. The quantitative estimate of drug-likeness (QED) is 0.777. The molecule has 0 bridgehead atoms. The monoisotopic (exact) mass is 374 g/mol. The smallest absolute Gasteiger partial charge is 0.123 e. The lowest BCUT2D eigenvalue weighted by Crippen LogP contribution is -2.51. The van der Waals surface area contributed by atoms with Gasteiger partial charge in [0.1, 0.15) is 5.82 Å². The largest absolute Gasteiger partial charge is 0.381 e. The molecule has 0 unspecified atom stereocenters. The molecule has 2 saturated heterocycles. The summed E-state index contributed by atoms with van der Waals surface area (Å²) in [6, 6.07) is 6.96. The van der Waals surface area contributed by atoms with E-state index in [4.69, 9.17) is 9.47 Å². The van der Waals surface area contributed by atoms with E-state index in [2.05, 4.69) is 20.4 Å². The molecule has 7 heteroatoms. The average Bonchev–Trinajstić information content (AvgIpc) is 3.39. The van der Waals surface area contributed by atoms with Gasteiger partial charge in [-0.25, -0.2) is 4.39 Å². The number of hydrogen-bond donors (Lipinski definition) is 2. The van der Waals surface area contributed by atoms with Gasteiger partial charge in [0, 0.05) is 55.9 Å². The number of nitrogens with zero attached hydrogens (tertiary/aromatic N) is 2. The van der Waals surface area contributed by atoms with E-state index in [0.717, 1.165) is 75.8 Å². The molecule has 3 heterocycles. The summed E-state index contributed by atoms with van der Waals surface area (Å²) in [6.45, 7) is 6.91. The van der Waals surface area contributed by atoms with Gasteiger partial charge in [0.05, 0.1) is 31.7 Å². The Bertz CT molecular complexity index is 709. The van der Waals surface area contributed by atoms with E-state index < -0.39 is 0 Å². The minimum Gasteiger partial charge on any atom is -0.381 e. The number of morpholine rings is 1. The summed E-state index contributed by atoms with van der Waals surface area (Å²) < 4.78 is 24.3. The van der Waals surface area contributed by atoms with Crippen LogP contribution in [-0.4, -0.2) is 67.2 Å². The minimum absolute atomic E-state index is 0.231. The van der Waals surface area contributed by atoms with E-state index >= 15 is 0 Å². The summed E-state index contributed by atoms with van der Waals surface area (Å²) in [5.41, 5.74) is 2.97. The molecule has 2 aliphatic heterocycles. The van der Waals surface area contributed by atoms with E-state index in [9.17, 15) is 4.39 Å². The van der Waals surface area contributed by atoms with Crippen molar-refractivity contribution in [1.82, 2.24) is 20.4 Å². The lowest BCUT2D eigenvalue weighted by atomic mass is 9.96. The van der Waals surface area contributed by atoms with Crippen molar-refractivity contribution in [3.63, 3.8) is 0 Å². The SMILES string of the molecule is Fc1ccc(-c2[nH]ncc2CNC[C@@H]([C@H]2CCOC2)N2CCOCC2)cc1. The average molecular weight is 374 g/mol. The molecule has 4 rings (SSSR count). The van der Waals surface area contributed by atoms with Crippen LogP contribution in [0.15, 0.2) is 30.5 Å². The number of aromatic nitrogens is 2. The summed E-state index contributed by atoms with van der Waals surface area (Å²) in [5, 5.41) is 10.8. The molecular formula is C20H27FN4O2. The van der Waals surface area contributed by atoms with Gasteiger partial charge in [0.2, 0.25) is 0 Å². The van der Waals surface area contributed by atoms with Crippen LogP contribution in [-0.2, 0) is 16.0 Å². The summed E-state index contributed by atoms with van der Waals surface area (Å²) in [7, 11) is 0. The Labute approximate surface area is 159 Å². The van der Waals surface area contributed by atoms with Crippen LogP contribution in [0.2, 0.25) is 0 Å². The third kappa shape index (κ3) is 4.55. The Morgan fingerprint density at radius 1 is 1.19 bits per heavy atom. The number of aromatic amines is 1. The van der Waals surface area contributed by atoms with Gasteiger partial charge in [-0.05, 0) is 30.7 Å². The first-order chi connectivity index (χ1) is 13.3. The first kappa shape index (κ1) is 18.6. The van der Waals surface area contributed by atoms with Crippen molar-refractivity contribution < 1.29 is 13.9 Å². The van der Waals surface area contributed by atoms with Crippen LogP contribution in [0.25, 0.3) is 11.3 Å². The molecule has 0 saturated carbocycles. The lowest BCUT2D eigenvalue weighted by molar-refractivity contribution is 0.00137. The topological polar surface area (TPSA) is 62.4 Å². The van der Waals surface area contributed by atoms with Gasteiger partial charge in [0.25, 0.3) is 0 Å². The summed E-state index contributed by atoms with van der Waals surface area (Å²) in [4.78, 5) is 2.53. The third-order valence-electron chi connectivity index (χ3n) is 5.54. The molecule has 2 N–H and O–H groups in total. The highest BCUT2D eigenvalue weighted by Gasteiger charge is 2.31. The van der Waals surface area contributed by atoms with Gasteiger partial charge >= 0.3 is 0 Å². The van der Waals surface area contributed by atoms with E-state index in [-0.39, 0.29) is 5.82 Å². The molecule has 2 aliphatic rings. The van der Waals surface area contributed by atoms with Crippen LogP contribution in [0.4, 0.5) is 4.39 Å². The van der Waals surface area contributed by atoms with E-state index in [1.54, 1.807) is 12.1 Å². The highest BCUT2D eigenvalue weighted by Crippen LogP contribution is 2.23. The zero-order valence-electron chi connectivity index (χ0n) is 15.5. The van der Waals surface area contributed by atoms with Crippen molar-refractivity contribution in [1.29, 1.82) is 0 Å². The number of rotatable bonds is 7. The van der Waals surface area contributed by atoms with Gasteiger partial charge < -0.3 is 14.8 Å². The molecule has 1 aromatic carbocycles. The molecule has 6 nitrogen and oxygen atoms in total. The number of ether oxygens (including phenoxy) is 2. The van der Waals surface area contributed by atoms with Gasteiger partial charge in [-0.1, -0.05) is 0 Å². The Morgan fingerprint density at radius 2 is 2.00 bits per heavy atom. The van der Waals surface area contributed by atoms with E-state index in [0.29, 0.717) is 12.0 Å². The Balaban J connectivity index is 1.39. The summed E-state index contributed by atoms with van der Waals surface area (Å²) >= 11 is 0. The third-order valence-corrected chi connectivity index (χ3v) is 5.54. The van der Waals surface area contributed by atoms with Crippen LogP contribution >= 0.6 is 0 Å². The van der Waals surface area contributed by atoms with Crippen molar-refractivity contribution >= 4 is 0 Å². The Hall–Kier alpha value is -1.80. The fraction of sp³-hybridized carbons (Fsp3) is 0.550.